The molecule has 0 N–H and O–H groups in total. The van der Waals surface area contributed by atoms with E-state index < -0.39 is 5.41 Å². The Morgan fingerprint density at radius 2 is 1.95 bits per heavy atom. The van der Waals surface area contributed by atoms with Gasteiger partial charge in [0.1, 0.15) is 5.75 Å². The van der Waals surface area contributed by atoms with Crippen LogP contribution in [0.3, 0.4) is 0 Å². The number of rotatable bonds is 6. The quantitative estimate of drug-likeness (QED) is 0.807. The fraction of sp³-hybridized carbons (Fsp3) is 0.588. The molecule has 4 heteroatoms. The SMILES string of the molecule is CCN(CC)CCC1(C)C(=O)N(C)c2ccc(OC)cc21. The van der Waals surface area contributed by atoms with E-state index in [-0.39, 0.29) is 5.91 Å². The number of fused-ring (bicyclic) bond motifs is 1. The Labute approximate surface area is 127 Å². The second-order valence-electron chi connectivity index (χ2n) is 5.86. The van der Waals surface area contributed by atoms with Gasteiger partial charge in [-0.15, -0.1) is 0 Å². The normalized spacial score (nSPS) is 21.0. The van der Waals surface area contributed by atoms with Gasteiger partial charge in [-0.05, 0) is 56.7 Å². The first-order valence-electron chi connectivity index (χ1n) is 7.67. The Bertz CT molecular complexity index is 526. The fourth-order valence-electron chi connectivity index (χ4n) is 3.13. The first-order valence-corrected chi connectivity index (χ1v) is 7.67. The third-order valence-electron chi connectivity index (χ3n) is 4.76. The molecule has 0 bridgehead atoms. The number of amides is 1. The highest BCUT2D eigenvalue weighted by atomic mass is 16.5. The molecule has 21 heavy (non-hydrogen) atoms. The number of methoxy groups -OCH3 is 1. The number of carbonyl (C=O) groups is 1. The fourth-order valence-corrected chi connectivity index (χ4v) is 3.13. The van der Waals surface area contributed by atoms with Crippen molar-refractivity contribution in [3.05, 3.63) is 23.8 Å². The van der Waals surface area contributed by atoms with E-state index >= 15 is 0 Å². The lowest BCUT2D eigenvalue weighted by Gasteiger charge is -2.27. The average Bonchev–Trinajstić information content (AvgIpc) is 2.70. The molecule has 116 valence electrons. The van der Waals surface area contributed by atoms with E-state index in [1.165, 1.54) is 0 Å². The van der Waals surface area contributed by atoms with Crippen molar-refractivity contribution in [2.45, 2.75) is 32.6 Å². The van der Waals surface area contributed by atoms with Crippen LogP contribution in [-0.4, -0.2) is 44.6 Å². The van der Waals surface area contributed by atoms with Crippen molar-refractivity contribution < 1.29 is 9.53 Å². The number of hydrogen-bond acceptors (Lipinski definition) is 3. The van der Waals surface area contributed by atoms with Crippen LogP contribution in [0.1, 0.15) is 32.8 Å². The lowest BCUT2D eigenvalue weighted by molar-refractivity contribution is -0.122. The molecule has 1 heterocycles. The minimum Gasteiger partial charge on any atom is -0.497 e. The largest absolute Gasteiger partial charge is 0.497 e. The van der Waals surface area contributed by atoms with Gasteiger partial charge in [-0.1, -0.05) is 13.8 Å². The maximum Gasteiger partial charge on any atom is 0.237 e. The monoisotopic (exact) mass is 290 g/mol. The average molecular weight is 290 g/mol. The summed E-state index contributed by atoms with van der Waals surface area (Å²) in [4.78, 5) is 16.9. The summed E-state index contributed by atoms with van der Waals surface area (Å²) in [7, 11) is 3.52. The van der Waals surface area contributed by atoms with E-state index in [9.17, 15) is 4.79 Å². The number of nitrogens with zero attached hydrogens (tertiary/aromatic N) is 2. The molecule has 0 spiro atoms. The molecule has 2 rings (SSSR count). The van der Waals surface area contributed by atoms with Crippen LogP contribution in [0, 0.1) is 0 Å². The lowest BCUT2D eigenvalue weighted by atomic mass is 9.80. The summed E-state index contributed by atoms with van der Waals surface area (Å²) in [5.74, 6) is 0.990. The highest BCUT2D eigenvalue weighted by molar-refractivity contribution is 6.07. The van der Waals surface area contributed by atoms with E-state index in [1.807, 2.05) is 25.2 Å². The summed E-state index contributed by atoms with van der Waals surface area (Å²) in [6.07, 6.45) is 0.831. The summed E-state index contributed by atoms with van der Waals surface area (Å²) in [6, 6.07) is 5.91. The van der Waals surface area contributed by atoms with Crippen molar-refractivity contribution in [2.24, 2.45) is 0 Å². The molecule has 1 aliphatic rings. The van der Waals surface area contributed by atoms with Crippen molar-refractivity contribution in [1.29, 1.82) is 0 Å². The minimum atomic E-state index is -0.457. The third-order valence-corrected chi connectivity index (χ3v) is 4.76. The highest BCUT2D eigenvalue weighted by Gasteiger charge is 2.45. The number of likely N-dealkylation sites (N-methyl/N-ethyl adjacent to an activating group) is 1. The summed E-state index contributed by atoms with van der Waals surface area (Å²) < 4.78 is 5.33. The molecule has 0 fully saturated rings. The van der Waals surface area contributed by atoms with E-state index in [4.69, 9.17) is 4.74 Å². The first-order chi connectivity index (χ1) is 9.97. The second-order valence-corrected chi connectivity index (χ2v) is 5.86. The van der Waals surface area contributed by atoms with Crippen molar-refractivity contribution in [3.63, 3.8) is 0 Å². The molecule has 1 aromatic carbocycles. The second kappa shape index (κ2) is 6.06. The lowest BCUT2D eigenvalue weighted by Crippen LogP contribution is -2.39. The van der Waals surface area contributed by atoms with Crippen LogP contribution in [0.2, 0.25) is 0 Å². The number of anilines is 1. The molecular weight excluding hydrogens is 264 g/mol. The van der Waals surface area contributed by atoms with Gasteiger partial charge < -0.3 is 14.5 Å². The van der Waals surface area contributed by atoms with Crippen molar-refractivity contribution in [1.82, 2.24) is 4.90 Å². The molecule has 0 saturated heterocycles. The number of ether oxygens (including phenoxy) is 1. The molecule has 1 atom stereocenters. The number of hydrogen-bond donors (Lipinski definition) is 0. The number of carbonyl (C=O) groups excluding carboxylic acids is 1. The zero-order valence-electron chi connectivity index (χ0n) is 13.8. The topological polar surface area (TPSA) is 32.8 Å². The van der Waals surface area contributed by atoms with Crippen molar-refractivity contribution in [3.8, 4) is 5.75 Å². The summed E-state index contributed by atoms with van der Waals surface area (Å²) in [6.45, 7) is 9.33. The van der Waals surface area contributed by atoms with Gasteiger partial charge in [0, 0.05) is 12.7 Å². The molecule has 1 aromatic rings. The maximum atomic E-state index is 12.7. The molecule has 0 radical (unpaired) electrons. The molecule has 4 nitrogen and oxygen atoms in total. The van der Waals surface area contributed by atoms with Crippen LogP contribution in [-0.2, 0) is 10.2 Å². The van der Waals surface area contributed by atoms with Crippen molar-refractivity contribution in [2.75, 3.05) is 38.7 Å². The van der Waals surface area contributed by atoms with Gasteiger partial charge >= 0.3 is 0 Å². The minimum absolute atomic E-state index is 0.179. The molecular formula is C17H26N2O2. The molecule has 1 aliphatic heterocycles. The van der Waals surface area contributed by atoms with Gasteiger partial charge in [0.25, 0.3) is 0 Å². The molecule has 0 saturated carbocycles. The standard InChI is InChI=1S/C17H26N2O2/c1-6-19(7-2)11-10-17(3)14-12-13(21-5)8-9-15(14)18(4)16(17)20/h8-9,12H,6-7,10-11H2,1-5H3. The van der Waals surface area contributed by atoms with Gasteiger partial charge in [-0.2, -0.15) is 0 Å². The van der Waals surface area contributed by atoms with Crippen LogP contribution in [0.15, 0.2) is 18.2 Å². The smallest absolute Gasteiger partial charge is 0.237 e. The Kier molecular flexibility index (Phi) is 4.57. The predicted octanol–water partition coefficient (Wildman–Crippen LogP) is 2.66. The molecule has 1 unspecified atom stereocenters. The van der Waals surface area contributed by atoms with E-state index in [2.05, 4.69) is 25.7 Å². The predicted molar refractivity (Wildman–Crippen MR) is 86.2 cm³/mol. The van der Waals surface area contributed by atoms with Crippen LogP contribution in [0.5, 0.6) is 5.75 Å². The maximum absolute atomic E-state index is 12.7. The Hall–Kier alpha value is -1.55. The van der Waals surface area contributed by atoms with E-state index in [0.29, 0.717) is 0 Å². The highest BCUT2D eigenvalue weighted by Crippen LogP contribution is 2.44. The van der Waals surface area contributed by atoms with Gasteiger partial charge in [0.05, 0.1) is 12.5 Å². The van der Waals surface area contributed by atoms with Gasteiger partial charge in [0.15, 0.2) is 0 Å². The Morgan fingerprint density at radius 1 is 1.29 bits per heavy atom. The zero-order valence-corrected chi connectivity index (χ0v) is 13.8. The van der Waals surface area contributed by atoms with Gasteiger partial charge in [-0.25, -0.2) is 0 Å². The van der Waals surface area contributed by atoms with Crippen LogP contribution >= 0.6 is 0 Å². The zero-order chi connectivity index (χ0) is 15.6. The van der Waals surface area contributed by atoms with Crippen molar-refractivity contribution >= 4 is 11.6 Å². The molecule has 1 amide bonds. The summed E-state index contributed by atoms with van der Waals surface area (Å²) in [5, 5.41) is 0. The Balaban J connectivity index is 2.33. The molecule has 0 aromatic heterocycles. The number of benzene rings is 1. The summed E-state index contributed by atoms with van der Waals surface area (Å²) >= 11 is 0. The van der Waals surface area contributed by atoms with E-state index in [1.54, 1.807) is 12.0 Å². The first kappa shape index (κ1) is 15.8. The molecule has 0 aliphatic carbocycles. The summed E-state index contributed by atoms with van der Waals surface area (Å²) in [5.41, 5.74) is 1.63. The van der Waals surface area contributed by atoms with Gasteiger partial charge in [-0.3, -0.25) is 4.79 Å². The van der Waals surface area contributed by atoms with Crippen LogP contribution < -0.4 is 9.64 Å². The van der Waals surface area contributed by atoms with Crippen LogP contribution in [0.4, 0.5) is 5.69 Å². The Morgan fingerprint density at radius 3 is 2.52 bits per heavy atom. The van der Waals surface area contributed by atoms with E-state index in [0.717, 1.165) is 43.1 Å². The third kappa shape index (κ3) is 2.64. The van der Waals surface area contributed by atoms with Crippen LogP contribution in [0.25, 0.3) is 0 Å². The van der Waals surface area contributed by atoms with Gasteiger partial charge in [0.2, 0.25) is 5.91 Å².